The fraction of sp³-hybridized carbons (Fsp3) is 0.550. The Morgan fingerprint density at radius 3 is 2.62 bits per heavy atom. The molecule has 140 valence electrons. The van der Waals surface area contributed by atoms with Gasteiger partial charge >= 0.3 is 6.09 Å². The number of carbonyl (C=O) groups excluding carboxylic acids is 3. The molecule has 2 fully saturated rings. The summed E-state index contributed by atoms with van der Waals surface area (Å²) in [4.78, 5) is 38.2. The summed E-state index contributed by atoms with van der Waals surface area (Å²) in [5.41, 5.74) is 0.838. The Bertz CT molecular complexity index is 661. The van der Waals surface area contributed by atoms with Crippen molar-refractivity contribution < 1.29 is 19.1 Å². The van der Waals surface area contributed by atoms with Crippen LogP contribution in [0.4, 0.5) is 4.79 Å². The van der Waals surface area contributed by atoms with E-state index in [4.69, 9.17) is 4.74 Å². The van der Waals surface area contributed by atoms with Crippen molar-refractivity contribution in [2.24, 2.45) is 5.92 Å². The zero-order valence-electron chi connectivity index (χ0n) is 15.1. The molecule has 1 aromatic rings. The fourth-order valence-electron chi connectivity index (χ4n) is 3.76. The van der Waals surface area contributed by atoms with Crippen LogP contribution in [0.3, 0.4) is 0 Å². The van der Waals surface area contributed by atoms with E-state index in [1.165, 1.54) is 6.42 Å². The number of rotatable bonds is 4. The van der Waals surface area contributed by atoms with Crippen LogP contribution in [0.1, 0.15) is 51.0 Å². The molecule has 1 saturated heterocycles. The van der Waals surface area contributed by atoms with E-state index in [1.807, 2.05) is 30.3 Å². The van der Waals surface area contributed by atoms with Crippen molar-refractivity contribution in [3.8, 4) is 0 Å². The Hall–Kier alpha value is -2.37. The molecule has 3 atom stereocenters. The van der Waals surface area contributed by atoms with Gasteiger partial charge in [-0.05, 0) is 30.7 Å². The monoisotopic (exact) mass is 358 g/mol. The van der Waals surface area contributed by atoms with Crippen LogP contribution in [0, 0.1) is 5.92 Å². The Morgan fingerprint density at radius 1 is 1.15 bits per heavy atom. The van der Waals surface area contributed by atoms with Gasteiger partial charge in [-0.3, -0.25) is 9.59 Å². The summed E-state index contributed by atoms with van der Waals surface area (Å²) in [7, 11) is 0. The first-order valence-corrected chi connectivity index (χ1v) is 9.39. The zero-order valence-corrected chi connectivity index (χ0v) is 15.1. The van der Waals surface area contributed by atoms with Gasteiger partial charge in [0.05, 0.1) is 0 Å². The average Bonchev–Trinajstić information content (AvgIpc) is 3.04. The highest BCUT2D eigenvalue weighted by atomic mass is 16.6. The SMILES string of the molecule is CC1CCCCC1NC(=O)C1CCC(=O)N1C(=O)OCc1ccccc1. The van der Waals surface area contributed by atoms with Crippen molar-refractivity contribution in [2.75, 3.05) is 0 Å². The smallest absolute Gasteiger partial charge is 0.417 e. The van der Waals surface area contributed by atoms with Gasteiger partial charge in [0.1, 0.15) is 12.6 Å². The molecular formula is C20H26N2O4. The van der Waals surface area contributed by atoms with Crippen LogP contribution in [0.5, 0.6) is 0 Å². The normalized spacial score (nSPS) is 25.8. The van der Waals surface area contributed by atoms with Gasteiger partial charge in [-0.2, -0.15) is 0 Å². The molecule has 26 heavy (non-hydrogen) atoms. The number of hydrogen-bond donors (Lipinski definition) is 1. The summed E-state index contributed by atoms with van der Waals surface area (Å²) in [6, 6.07) is 8.62. The second-order valence-electron chi connectivity index (χ2n) is 7.24. The highest BCUT2D eigenvalue weighted by Crippen LogP contribution is 2.25. The van der Waals surface area contributed by atoms with Crippen LogP contribution in [0.2, 0.25) is 0 Å². The molecule has 1 heterocycles. The first kappa shape index (κ1) is 18.4. The zero-order chi connectivity index (χ0) is 18.5. The lowest BCUT2D eigenvalue weighted by atomic mass is 9.86. The number of benzene rings is 1. The molecule has 0 radical (unpaired) electrons. The minimum Gasteiger partial charge on any atom is -0.444 e. The summed E-state index contributed by atoms with van der Waals surface area (Å²) in [5, 5.41) is 3.05. The molecule has 3 unspecified atom stereocenters. The summed E-state index contributed by atoms with van der Waals surface area (Å²) in [6.07, 6.45) is 4.14. The van der Waals surface area contributed by atoms with E-state index in [1.54, 1.807) is 0 Å². The van der Waals surface area contributed by atoms with E-state index >= 15 is 0 Å². The minimum atomic E-state index is -0.764. The Labute approximate surface area is 153 Å². The molecule has 6 heteroatoms. The standard InChI is InChI=1S/C20H26N2O4/c1-14-7-5-6-10-16(14)21-19(24)17-11-12-18(23)22(17)20(25)26-13-15-8-3-2-4-9-15/h2-4,8-9,14,16-17H,5-7,10-13H2,1H3,(H,21,24). The van der Waals surface area contributed by atoms with Crippen molar-refractivity contribution in [1.29, 1.82) is 0 Å². The van der Waals surface area contributed by atoms with Gasteiger partial charge in [0.2, 0.25) is 11.8 Å². The summed E-state index contributed by atoms with van der Waals surface area (Å²) in [6.45, 7) is 2.22. The molecule has 0 aromatic heterocycles. The predicted molar refractivity (Wildman–Crippen MR) is 96.1 cm³/mol. The summed E-state index contributed by atoms with van der Waals surface area (Å²) < 4.78 is 5.26. The van der Waals surface area contributed by atoms with Crippen LogP contribution >= 0.6 is 0 Å². The lowest BCUT2D eigenvalue weighted by Crippen LogP contribution is -2.51. The molecule has 1 aliphatic heterocycles. The molecule has 3 rings (SSSR count). The van der Waals surface area contributed by atoms with Gasteiger partial charge in [0.25, 0.3) is 0 Å². The molecule has 3 amide bonds. The third-order valence-corrected chi connectivity index (χ3v) is 5.36. The van der Waals surface area contributed by atoms with Gasteiger partial charge in [0.15, 0.2) is 0 Å². The highest BCUT2D eigenvalue weighted by Gasteiger charge is 2.42. The molecule has 0 spiro atoms. The van der Waals surface area contributed by atoms with Gasteiger partial charge < -0.3 is 10.1 Å². The second-order valence-corrected chi connectivity index (χ2v) is 7.24. The number of likely N-dealkylation sites (tertiary alicyclic amines) is 1. The van der Waals surface area contributed by atoms with Gasteiger partial charge in [-0.1, -0.05) is 50.1 Å². The maximum atomic E-state index is 12.7. The van der Waals surface area contributed by atoms with Gasteiger partial charge in [0, 0.05) is 12.5 Å². The molecule has 0 bridgehead atoms. The molecule has 1 N–H and O–H groups in total. The largest absolute Gasteiger partial charge is 0.444 e. The number of imide groups is 1. The molecule has 1 saturated carbocycles. The number of ether oxygens (including phenoxy) is 1. The van der Waals surface area contributed by atoms with Gasteiger partial charge in [-0.15, -0.1) is 0 Å². The van der Waals surface area contributed by atoms with Crippen LogP contribution in [-0.4, -0.2) is 34.9 Å². The number of carbonyl (C=O) groups is 3. The molecule has 1 aromatic carbocycles. The van der Waals surface area contributed by atoms with Crippen molar-refractivity contribution in [2.45, 2.75) is 64.1 Å². The van der Waals surface area contributed by atoms with E-state index in [9.17, 15) is 14.4 Å². The Morgan fingerprint density at radius 2 is 1.88 bits per heavy atom. The van der Waals surface area contributed by atoms with E-state index < -0.39 is 12.1 Å². The molecule has 1 aliphatic carbocycles. The third-order valence-electron chi connectivity index (χ3n) is 5.36. The Balaban J connectivity index is 1.60. The van der Waals surface area contributed by atoms with E-state index in [-0.39, 0.29) is 30.9 Å². The lowest BCUT2D eigenvalue weighted by molar-refractivity contribution is -0.134. The third kappa shape index (κ3) is 4.23. The molecular weight excluding hydrogens is 332 g/mol. The Kier molecular flexibility index (Phi) is 5.91. The van der Waals surface area contributed by atoms with E-state index in [0.717, 1.165) is 29.7 Å². The quantitative estimate of drug-likeness (QED) is 0.898. The van der Waals surface area contributed by atoms with Crippen LogP contribution < -0.4 is 5.32 Å². The number of hydrogen-bond acceptors (Lipinski definition) is 4. The lowest BCUT2D eigenvalue weighted by Gasteiger charge is -2.31. The van der Waals surface area contributed by atoms with Crippen molar-refractivity contribution >= 4 is 17.9 Å². The van der Waals surface area contributed by atoms with Crippen molar-refractivity contribution in [3.05, 3.63) is 35.9 Å². The van der Waals surface area contributed by atoms with Crippen LogP contribution in [0.25, 0.3) is 0 Å². The number of nitrogens with zero attached hydrogens (tertiary/aromatic N) is 1. The maximum absolute atomic E-state index is 12.7. The van der Waals surface area contributed by atoms with E-state index in [2.05, 4.69) is 12.2 Å². The maximum Gasteiger partial charge on any atom is 0.417 e. The van der Waals surface area contributed by atoms with E-state index in [0.29, 0.717) is 12.3 Å². The van der Waals surface area contributed by atoms with Crippen molar-refractivity contribution in [3.63, 3.8) is 0 Å². The second kappa shape index (κ2) is 8.34. The summed E-state index contributed by atoms with van der Waals surface area (Å²) in [5.74, 6) is -0.172. The number of amides is 3. The number of nitrogens with one attached hydrogen (secondary N) is 1. The molecule has 2 aliphatic rings. The van der Waals surface area contributed by atoms with Crippen LogP contribution in [0.15, 0.2) is 30.3 Å². The average molecular weight is 358 g/mol. The highest BCUT2D eigenvalue weighted by molar-refractivity contribution is 6.00. The topological polar surface area (TPSA) is 75.7 Å². The summed E-state index contributed by atoms with van der Waals surface area (Å²) >= 11 is 0. The predicted octanol–water partition coefficient (Wildman–Crippen LogP) is 3.01. The van der Waals surface area contributed by atoms with Crippen LogP contribution in [-0.2, 0) is 20.9 Å². The van der Waals surface area contributed by atoms with Crippen molar-refractivity contribution in [1.82, 2.24) is 10.2 Å². The molecule has 6 nitrogen and oxygen atoms in total. The first-order chi connectivity index (χ1) is 12.6. The first-order valence-electron chi connectivity index (χ1n) is 9.39. The minimum absolute atomic E-state index is 0.0808. The van der Waals surface area contributed by atoms with Gasteiger partial charge in [-0.25, -0.2) is 9.69 Å². The fourth-order valence-corrected chi connectivity index (χ4v) is 3.76.